The largest absolute Gasteiger partial charge is 0.491 e. The standard InChI is InChI=1S/C25H27NO3/c1-19(27)22-14-9-15-24(16-22)29-18-23(28)17-26(2)25(20-10-5-3-6-11-20)21-12-7-4-8-13-21/h3-16,23,25,28H,17-18H2,1-2H3. The van der Waals surface area contributed by atoms with E-state index in [2.05, 4.69) is 29.2 Å². The molecule has 4 heteroatoms. The van der Waals surface area contributed by atoms with E-state index in [1.54, 1.807) is 24.3 Å². The minimum absolute atomic E-state index is 0.00991. The summed E-state index contributed by atoms with van der Waals surface area (Å²) in [5, 5.41) is 10.6. The van der Waals surface area contributed by atoms with Crippen LogP contribution in [-0.4, -0.2) is 42.1 Å². The molecule has 4 nitrogen and oxygen atoms in total. The Hall–Kier alpha value is -2.95. The number of hydrogen-bond acceptors (Lipinski definition) is 4. The van der Waals surface area contributed by atoms with E-state index in [1.807, 2.05) is 43.4 Å². The molecule has 1 atom stereocenters. The van der Waals surface area contributed by atoms with Crippen molar-refractivity contribution in [3.05, 3.63) is 102 Å². The smallest absolute Gasteiger partial charge is 0.159 e. The molecule has 0 saturated carbocycles. The van der Waals surface area contributed by atoms with Crippen molar-refractivity contribution in [2.24, 2.45) is 0 Å². The maximum Gasteiger partial charge on any atom is 0.159 e. The lowest BCUT2D eigenvalue weighted by Crippen LogP contribution is -2.36. The van der Waals surface area contributed by atoms with Gasteiger partial charge in [-0.05, 0) is 37.2 Å². The molecule has 0 saturated heterocycles. The quantitative estimate of drug-likeness (QED) is 0.553. The van der Waals surface area contributed by atoms with Crippen LogP contribution in [0.2, 0.25) is 0 Å². The minimum Gasteiger partial charge on any atom is -0.491 e. The fourth-order valence-electron chi connectivity index (χ4n) is 3.46. The van der Waals surface area contributed by atoms with Crippen LogP contribution in [0.1, 0.15) is 34.5 Å². The summed E-state index contributed by atoms with van der Waals surface area (Å²) in [4.78, 5) is 13.6. The summed E-state index contributed by atoms with van der Waals surface area (Å²) in [6, 6.07) is 27.6. The van der Waals surface area contributed by atoms with E-state index in [4.69, 9.17) is 4.74 Å². The van der Waals surface area contributed by atoms with Gasteiger partial charge in [-0.15, -0.1) is 0 Å². The molecule has 0 heterocycles. The Bertz CT molecular complexity index is 872. The second-order valence-electron chi connectivity index (χ2n) is 7.21. The zero-order valence-electron chi connectivity index (χ0n) is 16.9. The molecular formula is C25H27NO3. The zero-order chi connectivity index (χ0) is 20.6. The number of ketones is 1. The molecule has 1 N–H and O–H groups in total. The first-order valence-electron chi connectivity index (χ1n) is 9.76. The van der Waals surface area contributed by atoms with Gasteiger partial charge in [0.1, 0.15) is 18.5 Å². The predicted molar refractivity (Wildman–Crippen MR) is 115 cm³/mol. The van der Waals surface area contributed by atoms with Crippen LogP contribution >= 0.6 is 0 Å². The van der Waals surface area contributed by atoms with Crippen LogP contribution < -0.4 is 4.74 Å². The van der Waals surface area contributed by atoms with Crippen molar-refractivity contribution in [3.8, 4) is 5.75 Å². The summed E-state index contributed by atoms with van der Waals surface area (Å²) in [6.45, 7) is 2.12. The first-order chi connectivity index (χ1) is 14.0. The van der Waals surface area contributed by atoms with Crippen molar-refractivity contribution in [1.82, 2.24) is 4.90 Å². The number of aliphatic hydroxyl groups is 1. The first-order valence-corrected chi connectivity index (χ1v) is 9.76. The number of likely N-dealkylation sites (N-methyl/N-ethyl adjacent to an activating group) is 1. The number of rotatable bonds is 9. The molecular weight excluding hydrogens is 362 g/mol. The van der Waals surface area contributed by atoms with Crippen LogP contribution in [0.15, 0.2) is 84.9 Å². The lowest BCUT2D eigenvalue weighted by Gasteiger charge is -2.30. The maximum atomic E-state index is 11.5. The van der Waals surface area contributed by atoms with Gasteiger partial charge >= 0.3 is 0 Å². The molecule has 3 aromatic rings. The first kappa shape index (κ1) is 20.8. The monoisotopic (exact) mass is 389 g/mol. The van der Waals surface area contributed by atoms with Crippen molar-refractivity contribution in [2.45, 2.75) is 19.1 Å². The Labute approximate surface area is 172 Å². The molecule has 0 radical (unpaired) electrons. The number of ether oxygens (including phenoxy) is 1. The Morgan fingerprint density at radius 3 is 2.07 bits per heavy atom. The van der Waals surface area contributed by atoms with E-state index in [-0.39, 0.29) is 18.4 Å². The van der Waals surface area contributed by atoms with Crippen molar-refractivity contribution in [3.63, 3.8) is 0 Å². The maximum absolute atomic E-state index is 11.5. The van der Waals surface area contributed by atoms with Crippen LogP contribution in [0.25, 0.3) is 0 Å². The molecule has 0 aromatic heterocycles. The normalized spacial score (nSPS) is 12.2. The van der Waals surface area contributed by atoms with E-state index >= 15 is 0 Å². The number of nitrogens with zero attached hydrogens (tertiary/aromatic N) is 1. The summed E-state index contributed by atoms with van der Waals surface area (Å²) in [7, 11) is 2.00. The molecule has 1 unspecified atom stereocenters. The van der Waals surface area contributed by atoms with Gasteiger partial charge in [0.2, 0.25) is 0 Å². The third kappa shape index (κ3) is 5.76. The number of Topliss-reactive ketones (excluding diaryl/α,β-unsaturated/α-hetero) is 1. The summed E-state index contributed by atoms with van der Waals surface area (Å²) >= 11 is 0. The number of benzene rings is 3. The molecule has 0 aliphatic rings. The van der Waals surface area contributed by atoms with Gasteiger partial charge in [0.15, 0.2) is 5.78 Å². The van der Waals surface area contributed by atoms with Gasteiger partial charge in [0.05, 0.1) is 6.04 Å². The molecule has 150 valence electrons. The van der Waals surface area contributed by atoms with E-state index < -0.39 is 6.10 Å². The van der Waals surface area contributed by atoms with Crippen LogP contribution in [0, 0.1) is 0 Å². The lowest BCUT2D eigenvalue weighted by molar-refractivity contribution is 0.0680. The van der Waals surface area contributed by atoms with Crippen LogP contribution in [-0.2, 0) is 0 Å². The molecule has 0 spiro atoms. The van der Waals surface area contributed by atoms with Crippen LogP contribution in [0.4, 0.5) is 0 Å². The van der Waals surface area contributed by atoms with E-state index in [1.165, 1.54) is 18.1 Å². The Balaban J connectivity index is 1.67. The molecule has 0 amide bonds. The third-order valence-electron chi connectivity index (χ3n) is 4.85. The van der Waals surface area contributed by atoms with Gasteiger partial charge in [0.25, 0.3) is 0 Å². The topological polar surface area (TPSA) is 49.8 Å². The number of aliphatic hydroxyl groups excluding tert-OH is 1. The number of hydrogen-bond donors (Lipinski definition) is 1. The Kier molecular flexibility index (Phi) is 7.17. The van der Waals surface area contributed by atoms with Crippen molar-refractivity contribution >= 4 is 5.78 Å². The number of carbonyl (C=O) groups is 1. The van der Waals surface area contributed by atoms with Crippen molar-refractivity contribution in [2.75, 3.05) is 20.2 Å². The second kappa shape index (κ2) is 10.0. The minimum atomic E-state index is -0.670. The molecule has 3 aromatic carbocycles. The lowest BCUT2D eigenvalue weighted by atomic mass is 9.97. The highest BCUT2D eigenvalue weighted by Gasteiger charge is 2.21. The molecule has 0 bridgehead atoms. The summed E-state index contributed by atoms with van der Waals surface area (Å²) in [6.07, 6.45) is -0.670. The predicted octanol–water partition coefficient (Wildman–Crippen LogP) is 4.35. The van der Waals surface area contributed by atoms with Gasteiger partial charge in [-0.25, -0.2) is 0 Å². The summed E-state index contributed by atoms with van der Waals surface area (Å²) in [5.74, 6) is 0.575. The van der Waals surface area contributed by atoms with Gasteiger partial charge in [-0.2, -0.15) is 0 Å². The van der Waals surface area contributed by atoms with E-state index in [0.717, 1.165) is 0 Å². The summed E-state index contributed by atoms with van der Waals surface area (Å²) < 4.78 is 5.72. The van der Waals surface area contributed by atoms with E-state index in [0.29, 0.717) is 17.9 Å². The molecule has 0 aliphatic carbocycles. The Morgan fingerprint density at radius 2 is 1.52 bits per heavy atom. The van der Waals surface area contributed by atoms with Gasteiger partial charge in [0, 0.05) is 12.1 Å². The SMILES string of the molecule is CC(=O)c1cccc(OCC(O)CN(C)C(c2ccccc2)c2ccccc2)c1. The highest BCUT2D eigenvalue weighted by molar-refractivity contribution is 5.94. The average Bonchev–Trinajstić information content (AvgIpc) is 2.74. The molecule has 3 rings (SSSR count). The van der Waals surface area contributed by atoms with Crippen LogP contribution in [0.3, 0.4) is 0 Å². The molecule has 29 heavy (non-hydrogen) atoms. The fourth-order valence-corrected chi connectivity index (χ4v) is 3.46. The van der Waals surface area contributed by atoms with Crippen molar-refractivity contribution < 1.29 is 14.6 Å². The van der Waals surface area contributed by atoms with Crippen molar-refractivity contribution in [1.29, 1.82) is 0 Å². The van der Waals surface area contributed by atoms with Gasteiger partial charge < -0.3 is 9.84 Å². The molecule has 0 aliphatic heterocycles. The van der Waals surface area contributed by atoms with Crippen LogP contribution in [0.5, 0.6) is 5.75 Å². The summed E-state index contributed by atoms with van der Waals surface area (Å²) in [5.41, 5.74) is 2.94. The zero-order valence-corrected chi connectivity index (χ0v) is 16.9. The molecule has 0 fully saturated rings. The highest BCUT2D eigenvalue weighted by Crippen LogP contribution is 2.27. The Morgan fingerprint density at radius 1 is 0.931 bits per heavy atom. The highest BCUT2D eigenvalue weighted by atomic mass is 16.5. The van der Waals surface area contributed by atoms with E-state index in [9.17, 15) is 9.90 Å². The van der Waals surface area contributed by atoms with Gasteiger partial charge in [-0.3, -0.25) is 9.69 Å². The average molecular weight is 389 g/mol. The third-order valence-corrected chi connectivity index (χ3v) is 4.85. The fraction of sp³-hybridized carbons (Fsp3) is 0.240. The van der Waals surface area contributed by atoms with Gasteiger partial charge in [-0.1, -0.05) is 72.8 Å². The number of carbonyl (C=O) groups excluding carboxylic acids is 1. The second-order valence-corrected chi connectivity index (χ2v) is 7.21.